The van der Waals surface area contributed by atoms with E-state index in [2.05, 4.69) is 15.1 Å². The number of aliphatic hydroxyl groups excluding tert-OH is 1. The molecule has 0 saturated carbocycles. The molecule has 0 amide bonds. The fourth-order valence-corrected chi connectivity index (χ4v) is 1.71. The van der Waals surface area contributed by atoms with Crippen molar-refractivity contribution in [3.05, 3.63) is 29.4 Å². The zero-order valence-electron chi connectivity index (χ0n) is 11.0. The van der Waals surface area contributed by atoms with Gasteiger partial charge in [0, 0.05) is 17.0 Å². The molecule has 0 bridgehead atoms. The van der Waals surface area contributed by atoms with Gasteiger partial charge in [-0.05, 0) is 32.9 Å². The van der Waals surface area contributed by atoms with Crippen LogP contribution in [0.1, 0.15) is 37.0 Å². The molecule has 2 aromatic heterocycles. The maximum Gasteiger partial charge on any atom is 0.232 e. The zero-order chi connectivity index (χ0) is 13.3. The Hall–Kier alpha value is -1.75. The summed E-state index contributed by atoms with van der Waals surface area (Å²) in [5.74, 6) is 0.813. The second-order valence-electron chi connectivity index (χ2n) is 4.62. The molecule has 0 aliphatic carbocycles. The number of nitrogens with zero attached hydrogens (tertiary/aromatic N) is 3. The highest BCUT2D eigenvalue weighted by Gasteiger charge is 2.19. The van der Waals surface area contributed by atoms with Crippen molar-refractivity contribution in [1.29, 1.82) is 0 Å². The molecule has 0 aliphatic rings. The van der Waals surface area contributed by atoms with Crippen LogP contribution in [-0.2, 0) is 0 Å². The van der Waals surface area contributed by atoms with Crippen LogP contribution in [0.4, 0.5) is 0 Å². The minimum Gasteiger partial charge on any atom is -0.393 e. The molecule has 0 aliphatic heterocycles. The molecule has 0 saturated heterocycles. The Bertz CT molecular complexity index is 529. The Balaban J connectivity index is 2.35. The molecule has 0 radical (unpaired) electrons. The summed E-state index contributed by atoms with van der Waals surface area (Å²) in [6, 6.07) is 3.82. The molecule has 96 valence electrons. The van der Waals surface area contributed by atoms with Gasteiger partial charge in [-0.1, -0.05) is 12.1 Å². The van der Waals surface area contributed by atoms with Crippen LogP contribution in [0.5, 0.6) is 0 Å². The van der Waals surface area contributed by atoms with E-state index < -0.39 is 6.10 Å². The van der Waals surface area contributed by atoms with Gasteiger partial charge in [-0.3, -0.25) is 4.98 Å². The first-order valence-electron chi connectivity index (χ1n) is 5.94. The van der Waals surface area contributed by atoms with E-state index in [9.17, 15) is 5.11 Å². The van der Waals surface area contributed by atoms with Gasteiger partial charge < -0.3 is 9.63 Å². The van der Waals surface area contributed by atoms with E-state index in [1.54, 1.807) is 6.92 Å². The van der Waals surface area contributed by atoms with E-state index in [1.807, 2.05) is 32.9 Å². The van der Waals surface area contributed by atoms with E-state index in [-0.39, 0.29) is 5.92 Å². The van der Waals surface area contributed by atoms with E-state index in [1.165, 1.54) is 0 Å². The Kier molecular flexibility index (Phi) is 3.43. The average Bonchev–Trinajstić information content (AvgIpc) is 2.75. The molecule has 0 aromatic carbocycles. The molecule has 0 fully saturated rings. The van der Waals surface area contributed by atoms with Crippen LogP contribution in [-0.4, -0.2) is 26.3 Å². The second kappa shape index (κ2) is 4.86. The minimum absolute atomic E-state index is 0.171. The van der Waals surface area contributed by atoms with Gasteiger partial charge in [-0.25, -0.2) is 0 Å². The van der Waals surface area contributed by atoms with Gasteiger partial charge in [-0.2, -0.15) is 4.98 Å². The molecular weight excluding hydrogens is 230 g/mol. The van der Waals surface area contributed by atoms with Gasteiger partial charge in [0.25, 0.3) is 0 Å². The van der Waals surface area contributed by atoms with Gasteiger partial charge in [0.05, 0.1) is 12.0 Å². The summed E-state index contributed by atoms with van der Waals surface area (Å²) in [7, 11) is 0. The highest BCUT2D eigenvalue weighted by molar-refractivity contribution is 5.55. The van der Waals surface area contributed by atoms with Crippen molar-refractivity contribution < 1.29 is 9.63 Å². The molecule has 5 nitrogen and oxygen atoms in total. The lowest BCUT2D eigenvalue weighted by Crippen LogP contribution is -2.11. The Morgan fingerprint density at radius 2 is 1.72 bits per heavy atom. The summed E-state index contributed by atoms with van der Waals surface area (Å²) >= 11 is 0. The van der Waals surface area contributed by atoms with E-state index in [0.29, 0.717) is 11.7 Å². The van der Waals surface area contributed by atoms with Crippen LogP contribution in [0.15, 0.2) is 16.7 Å². The Labute approximate surface area is 106 Å². The third kappa shape index (κ3) is 2.56. The van der Waals surface area contributed by atoms with Gasteiger partial charge in [0.15, 0.2) is 0 Å². The SMILES string of the molecule is Cc1cc(-c2noc(C(C)C(C)O)n2)cc(C)n1. The lowest BCUT2D eigenvalue weighted by Gasteiger charge is -2.08. The number of pyridine rings is 1. The van der Waals surface area contributed by atoms with Crippen molar-refractivity contribution in [3.63, 3.8) is 0 Å². The molecule has 2 atom stereocenters. The predicted octanol–water partition coefficient (Wildman–Crippen LogP) is 2.23. The third-order valence-corrected chi connectivity index (χ3v) is 2.89. The predicted molar refractivity (Wildman–Crippen MR) is 67.1 cm³/mol. The monoisotopic (exact) mass is 247 g/mol. The van der Waals surface area contributed by atoms with Crippen molar-refractivity contribution in [2.75, 3.05) is 0 Å². The summed E-state index contributed by atoms with van der Waals surface area (Å²) in [5.41, 5.74) is 2.72. The lowest BCUT2D eigenvalue weighted by atomic mass is 10.1. The summed E-state index contributed by atoms with van der Waals surface area (Å²) in [5, 5.41) is 13.5. The summed E-state index contributed by atoms with van der Waals surface area (Å²) in [6.45, 7) is 7.41. The van der Waals surface area contributed by atoms with Crippen LogP contribution >= 0.6 is 0 Å². The number of aryl methyl sites for hydroxylation is 2. The fourth-order valence-electron chi connectivity index (χ4n) is 1.71. The van der Waals surface area contributed by atoms with Crippen LogP contribution in [0, 0.1) is 13.8 Å². The first-order valence-corrected chi connectivity index (χ1v) is 5.94. The molecule has 2 heterocycles. The lowest BCUT2D eigenvalue weighted by molar-refractivity contribution is 0.151. The maximum atomic E-state index is 9.50. The van der Waals surface area contributed by atoms with Crippen molar-refractivity contribution in [1.82, 2.24) is 15.1 Å². The minimum atomic E-state index is -0.515. The molecule has 1 N–H and O–H groups in total. The van der Waals surface area contributed by atoms with Crippen molar-refractivity contribution in [2.24, 2.45) is 0 Å². The van der Waals surface area contributed by atoms with Crippen LogP contribution < -0.4 is 0 Å². The summed E-state index contributed by atoms with van der Waals surface area (Å²) < 4.78 is 5.18. The number of rotatable bonds is 3. The molecule has 2 unspecified atom stereocenters. The standard InChI is InChI=1S/C13H17N3O2/c1-7-5-11(6-8(2)14-7)12-15-13(18-16-12)9(3)10(4)17/h5-6,9-10,17H,1-4H3. The van der Waals surface area contributed by atoms with Crippen LogP contribution in [0.25, 0.3) is 11.4 Å². The fraction of sp³-hybridized carbons (Fsp3) is 0.462. The summed E-state index contributed by atoms with van der Waals surface area (Å²) in [6.07, 6.45) is -0.515. The Morgan fingerprint density at radius 1 is 1.11 bits per heavy atom. The smallest absolute Gasteiger partial charge is 0.232 e. The van der Waals surface area contributed by atoms with E-state index in [0.717, 1.165) is 17.0 Å². The summed E-state index contributed by atoms with van der Waals surface area (Å²) in [4.78, 5) is 8.62. The quantitative estimate of drug-likeness (QED) is 0.900. The van der Waals surface area contributed by atoms with Gasteiger partial charge in [-0.15, -0.1) is 0 Å². The Morgan fingerprint density at radius 3 is 2.28 bits per heavy atom. The van der Waals surface area contributed by atoms with Crippen LogP contribution in [0.2, 0.25) is 0 Å². The normalized spacial score (nSPS) is 14.5. The molecule has 0 spiro atoms. The topological polar surface area (TPSA) is 72.0 Å². The number of aromatic nitrogens is 3. The average molecular weight is 247 g/mol. The number of hydrogen-bond donors (Lipinski definition) is 1. The first-order chi connectivity index (χ1) is 8.47. The van der Waals surface area contributed by atoms with Crippen molar-refractivity contribution >= 4 is 0 Å². The second-order valence-corrected chi connectivity index (χ2v) is 4.62. The highest BCUT2D eigenvalue weighted by Crippen LogP contribution is 2.22. The zero-order valence-corrected chi connectivity index (χ0v) is 11.0. The van der Waals surface area contributed by atoms with Crippen LogP contribution in [0.3, 0.4) is 0 Å². The molecule has 5 heteroatoms. The van der Waals surface area contributed by atoms with Crippen molar-refractivity contribution in [2.45, 2.75) is 39.7 Å². The number of hydrogen-bond acceptors (Lipinski definition) is 5. The van der Waals surface area contributed by atoms with E-state index >= 15 is 0 Å². The molecule has 18 heavy (non-hydrogen) atoms. The van der Waals surface area contributed by atoms with Gasteiger partial charge in [0.1, 0.15) is 0 Å². The van der Waals surface area contributed by atoms with E-state index in [4.69, 9.17) is 4.52 Å². The van der Waals surface area contributed by atoms with Gasteiger partial charge in [0.2, 0.25) is 11.7 Å². The third-order valence-electron chi connectivity index (χ3n) is 2.89. The number of aliphatic hydroxyl groups is 1. The largest absolute Gasteiger partial charge is 0.393 e. The maximum absolute atomic E-state index is 9.50. The molecule has 2 rings (SSSR count). The molecule has 2 aromatic rings. The van der Waals surface area contributed by atoms with Gasteiger partial charge >= 0.3 is 0 Å². The molecular formula is C13H17N3O2. The first kappa shape index (κ1) is 12.7. The highest BCUT2D eigenvalue weighted by atomic mass is 16.5. The van der Waals surface area contributed by atoms with Crippen molar-refractivity contribution in [3.8, 4) is 11.4 Å².